The van der Waals surface area contributed by atoms with Crippen LogP contribution >= 0.6 is 0 Å². The van der Waals surface area contributed by atoms with E-state index >= 15 is 0 Å². The summed E-state index contributed by atoms with van der Waals surface area (Å²) < 4.78 is 5.85. The van der Waals surface area contributed by atoms with E-state index in [0.717, 1.165) is 19.3 Å². The first-order chi connectivity index (χ1) is 9.43. The second-order valence-electron chi connectivity index (χ2n) is 7.49. The van der Waals surface area contributed by atoms with Crippen LogP contribution in [0.2, 0.25) is 0 Å². The summed E-state index contributed by atoms with van der Waals surface area (Å²) in [5.41, 5.74) is 2.77. The molecule has 0 radical (unpaired) electrons. The summed E-state index contributed by atoms with van der Waals surface area (Å²) in [5, 5.41) is 10.5. The Morgan fingerprint density at radius 1 is 1.20 bits per heavy atom. The Hall–Kier alpha value is -0.860. The van der Waals surface area contributed by atoms with Gasteiger partial charge in [0.05, 0.1) is 18.3 Å². The highest BCUT2D eigenvalue weighted by Gasteiger charge is 2.43. The number of benzene rings is 1. The van der Waals surface area contributed by atoms with Crippen LogP contribution in [0.1, 0.15) is 51.2 Å². The van der Waals surface area contributed by atoms with Crippen LogP contribution < -0.4 is 0 Å². The quantitative estimate of drug-likeness (QED) is 0.914. The van der Waals surface area contributed by atoms with E-state index < -0.39 is 0 Å². The van der Waals surface area contributed by atoms with E-state index in [9.17, 15) is 5.11 Å². The minimum Gasteiger partial charge on any atom is -0.392 e. The standard InChI is InChI=1S/C18H26O2/c1-18(2,3)13-6-4-12(5-7-13)10-16(19)15-11-14-8-9-17(15)20-14/h4-7,14-17,19H,8-11H2,1-3H3. The molecule has 20 heavy (non-hydrogen) atoms. The smallest absolute Gasteiger partial charge is 0.0634 e. The molecule has 2 bridgehead atoms. The lowest BCUT2D eigenvalue weighted by molar-refractivity contribution is 0.0432. The summed E-state index contributed by atoms with van der Waals surface area (Å²) in [4.78, 5) is 0. The maximum atomic E-state index is 10.5. The lowest BCUT2D eigenvalue weighted by Crippen LogP contribution is -2.31. The van der Waals surface area contributed by atoms with Crippen molar-refractivity contribution in [2.45, 2.75) is 70.2 Å². The monoisotopic (exact) mass is 274 g/mol. The van der Waals surface area contributed by atoms with Crippen molar-refractivity contribution in [2.75, 3.05) is 0 Å². The summed E-state index contributed by atoms with van der Waals surface area (Å²) in [6, 6.07) is 8.72. The van der Waals surface area contributed by atoms with Crippen molar-refractivity contribution in [3.8, 4) is 0 Å². The summed E-state index contributed by atoms with van der Waals surface area (Å²) in [7, 11) is 0. The Labute approximate surface area is 122 Å². The molecular formula is C18H26O2. The molecule has 2 nitrogen and oxygen atoms in total. The Balaban J connectivity index is 1.63. The van der Waals surface area contributed by atoms with E-state index in [4.69, 9.17) is 4.74 Å². The largest absolute Gasteiger partial charge is 0.392 e. The van der Waals surface area contributed by atoms with E-state index in [1.54, 1.807) is 0 Å². The van der Waals surface area contributed by atoms with Crippen molar-refractivity contribution in [1.29, 1.82) is 0 Å². The van der Waals surface area contributed by atoms with Crippen molar-refractivity contribution < 1.29 is 9.84 Å². The highest BCUT2D eigenvalue weighted by molar-refractivity contribution is 5.28. The zero-order valence-corrected chi connectivity index (χ0v) is 12.8. The molecule has 110 valence electrons. The average Bonchev–Trinajstić information content (AvgIpc) is 3.00. The normalized spacial score (nSPS) is 30.7. The lowest BCUT2D eigenvalue weighted by Gasteiger charge is -2.25. The summed E-state index contributed by atoms with van der Waals surface area (Å²) >= 11 is 0. The molecule has 0 aliphatic carbocycles. The molecule has 0 spiro atoms. The minimum atomic E-state index is -0.259. The van der Waals surface area contributed by atoms with E-state index in [-0.39, 0.29) is 11.5 Å². The highest BCUT2D eigenvalue weighted by Crippen LogP contribution is 2.41. The van der Waals surface area contributed by atoms with Crippen LogP contribution in [0.4, 0.5) is 0 Å². The van der Waals surface area contributed by atoms with Crippen molar-refractivity contribution >= 4 is 0 Å². The Bertz CT molecular complexity index is 457. The van der Waals surface area contributed by atoms with Gasteiger partial charge in [-0.3, -0.25) is 0 Å². The fourth-order valence-corrected chi connectivity index (χ4v) is 3.62. The number of ether oxygens (including phenoxy) is 1. The SMILES string of the molecule is CC(C)(C)c1ccc(CC(O)C2CC3CCC2O3)cc1. The van der Waals surface area contributed by atoms with Crippen molar-refractivity contribution in [3.05, 3.63) is 35.4 Å². The molecule has 3 rings (SSSR count). The summed E-state index contributed by atoms with van der Waals surface area (Å²) in [5.74, 6) is 0.344. The molecule has 0 amide bonds. The zero-order valence-electron chi connectivity index (χ0n) is 12.8. The van der Waals surface area contributed by atoms with Gasteiger partial charge in [-0.25, -0.2) is 0 Å². The summed E-state index contributed by atoms with van der Waals surface area (Å²) in [6.07, 6.45) is 4.59. The molecule has 2 fully saturated rings. The Morgan fingerprint density at radius 3 is 2.40 bits per heavy atom. The van der Waals surface area contributed by atoms with Crippen LogP contribution in [-0.4, -0.2) is 23.4 Å². The maximum Gasteiger partial charge on any atom is 0.0634 e. The number of fused-ring (bicyclic) bond motifs is 2. The van der Waals surface area contributed by atoms with Crippen LogP contribution in [-0.2, 0) is 16.6 Å². The average molecular weight is 274 g/mol. The second-order valence-corrected chi connectivity index (χ2v) is 7.49. The third kappa shape index (κ3) is 2.77. The van der Waals surface area contributed by atoms with Crippen LogP contribution in [0.5, 0.6) is 0 Å². The van der Waals surface area contributed by atoms with Gasteiger partial charge in [0.1, 0.15) is 0 Å². The number of rotatable bonds is 3. The molecule has 4 atom stereocenters. The first kappa shape index (κ1) is 14.1. The van der Waals surface area contributed by atoms with Crippen LogP contribution in [0.3, 0.4) is 0 Å². The van der Waals surface area contributed by atoms with Gasteiger partial charge < -0.3 is 9.84 Å². The van der Waals surface area contributed by atoms with Gasteiger partial charge in [0, 0.05) is 5.92 Å². The molecular weight excluding hydrogens is 248 g/mol. The topological polar surface area (TPSA) is 29.5 Å². The van der Waals surface area contributed by atoms with Gasteiger partial charge in [-0.1, -0.05) is 45.0 Å². The highest BCUT2D eigenvalue weighted by atomic mass is 16.5. The predicted molar refractivity (Wildman–Crippen MR) is 80.9 cm³/mol. The van der Waals surface area contributed by atoms with Gasteiger partial charge >= 0.3 is 0 Å². The second kappa shape index (κ2) is 5.16. The summed E-state index contributed by atoms with van der Waals surface area (Å²) in [6.45, 7) is 6.68. The number of aliphatic hydroxyl groups is 1. The van der Waals surface area contributed by atoms with E-state index in [1.807, 2.05) is 0 Å². The van der Waals surface area contributed by atoms with E-state index in [1.165, 1.54) is 17.5 Å². The first-order valence-corrected chi connectivity index (χ1v) is 7.86. The molecule has 0 saturated carbocycles. The van der Waals surface area contributed by atoms with Crippen LogP contribution in [0.25, 0.3) is 0 Å². The fraction of sp³-hybridized carbons (Fsp3) is 0.667. The Kier molecular flexibility index (Phi) is 3.64. The van der Waals surface area contributed by atoms with Gasteiger partial charge in [-0.15, -0.1) is 0 Å². The van der Waals surface area contributed by atoms with Gasteiger partial charge in [-0.05, 0) is 42.2 Å². The first-order valence-electron chi connectivity index (χ1n) is 7.86. The third-order valence-electron chi connectivity index (χ3n) is 4.91. The Morgan fingerprint density at radius 2 is 1.90 bits per heavy atom. The molecule has 2 aliphatic rings. The molecule has 4 unspecified atom stereocenters. The van der Waals surface area contributed by atoms with E-state index in [2.05, 4.69) is 45.0 Å². The van der Waals surface area contributed by atoms with Gasteiger partial charge in [0.2, 0.25) is 0 Å². The molecule has 1 N–H and O–H groups in total. The zero-order chi connectivity index (χ0) is 14.3. The predicted octanol–water partition coefficient (Wildman–Crippen LogP) is 3.46. The molecule has 0 aromatic heterocycles. The number of aliphatic hydroxyl groups excluding tert-OH is 1. The van der Waals surface area contributed by atoms with Gasteiger partial charge in [0.25, 0.3) is 0 Å². The third-order valence-corrected chi connectivity index (χ3v) is 4.91. The van der Waals surface area contributed by atoms with E-state index in [0.29, 0.717) is 18.1 Å². The van der Waals surface area contributed by atoms with Crippen LogP contribution in [0, 0.1) is 5.92 Å². The molecule has 1 aromatic carbocycles. The molecule has 2 saturated heterocycles. The van der Waals surface area contributed by atoms with Crippen molar-refractivity contribution in [3.63, 3.8) is 0 Å². The molecule has 2 heterocycles. The molecule has 1 aromatic rings. The number of hydrogen-bond acceptors (Lipinski definition) is 2. The lowest BCUT2D eigenvalue weighted by atomic mass is 9.82. The minimum absolute atomic E-state index is 0.190. The maximum absolute atomic E-state index is 10.5. The van der Waals surface area contributed by atoms with Gasteiger partial charge in [0.15, 0.2) is 0 Å². The van der Waals surface area contributed by atoms with Gasteiger partial charge in [-0.2, -0.15) is 0 Å². The van der Waals surface area contributed by atoms with Crippen LogP contribution in [0.15, 0.2) is 24.3 Å². The fourth-order valence-electron chi connectivity index (χ4n) is 3.62. The molecule has 2 aliphatic heterocycles. The van der Waals surface area contributed by atoms with Crippen molar-refractivity contribution in [1.82, 2.24) is 0 Å². The molecule has 2 heteroatoms. The van der Waals surface area contributed by atoms with Crippen molar-refractivity contribution in [2.24, 2.45) is 5.92 Å². The number of hydrogen-bond donors (Lipinski definition) is 1.